The Morgan fingerprint density at radius 3 is 2.31 bits per heavy atom. The Kier molecular flexibility index (Phi) is 9.93. The van der Waals surface area contributed by atoms with E-state index in [9.17, 15) is 9.59 Å². The molecule has 0 aliphatic rings. The molecule has 0 saturated carbocycles. The van der Waals surface area contributed by atoms with Crippen LogP contribution in [0.4, 0.5) is 10.5 Å². The molecule has 0 spiro atoms. The van der Waals surface area contributed by atoms with E-state index in [1.165, 1.54) is 0 Å². The van der Waals surface area contributed by atoms with Gasteiger partial charge in [-0.1, -0.05) is 48.0 Å². The highest BCUT2D eigenvalue weighted by atomic mass is 16.5. The van der Waals surface area contributed by atoms with Crippen LogP contribution in [-0.2, 0) is 22.5 Å². The van der Waals surface area contributed by atoms with Crippen LogP contribution in [0.1, 0.15) is 29.1 Å². The maximum Gasteiger partial charge on any atom is 0.322 e. The lowest BCUT2D eigenvalue weighted by molar-refractivity contribution is -0.132. The number of urea groups is 1. The van der Waals surface area contributed by atoms with Gasteiger partial charge in [-0.05, 0) is 56.5 Å². The van der Waals surface area contributed by atoms with Gasteiger partial charge in [0.15, 0.2) is 0 Å². The Morgan fingerprint density at radius 1 is 0.914 bits per heavy atom. The predicted molar refractivity (Wildman–Crippen MR) is 137 cm³/mol. The standard InChI is InChI=1S/C28H35N3O4/c1-22-10-13-25(14-11-22)29-28(33)31(17-7-19-34-3)21-27(32)30(20-26-15-12-23(2)35-26)18-16-24-8-5-4-6-9-24/h4-6,8-15H,7,16-21H2,1-3H3,(H,29,33). The number of ether oxygens (including phenoxy) is 1. The van der Waals surface area contributed by atoms with Crippen molar-refractivity contribution in [3.63, 3.8) is 0 Å². The van der Waals surface area contributed by atoms with E-state index in [0.717, 1.165) is 22.6 Å². The van der Waals surface area contributed by atoms with Crippen molar-refractivity contribution < 1.29 is 18.7 Å². The van der Waals surface area contributed by atoms with Crippen LogP contribution in [0.2, 0.25) is 0 Å². The maximum absolute atomic E-state index is 13.5. The molecule has 3 amide bonds. The summed E-state index contributed by atoms with van der Waals surface area (Å²) in [6.45, 7) is 5.63. The van der Waals surface area contributed by atoms with Crippen LogP contribution in [0.15, 0.2) is 71.1 Å². The molecular formula is C28H35N3O4. The van der Waals surface area contributed by atoms with Gasteiger partial charge in [-0.3, -0.25) is 4.79 Å². The van der Waals surface area contributed by atoms with E-state index >= 15 is 0 Å². The zero-order chi connectivity index (χ0) is 25.0. The molecule has 0 atom stereocenters. The number of carbonyl (C=O) groups is 2. The van der Waals surface area contributed by atoms with Gasteiger partial charge >= 0.3 is 6.03 Å². The van der Waals surface area contributed by atoms with Crippen molar-refractivity contribution in [3.8, 4) is 0 Å². The molecule has 0 unspecified atom stereocenters. The molecule has 1 heterocycles. The first-order valence-corrected chi connectivity index (χ1v) is 11.9. The first kappa shape index (κ1) is 26.0. The number of anilines is 1. The molecule has 3 rings (SSSR count). The van der Waals surface area contributed by atoms with Crippen LogP contribution < -0.4 is 5.32 Å². The number of aryl methyl sites for hydroxylation is 2. The molecule has 0 radical (unpaired) electrons. The Hall–Kier alpha value is -3.58. The highest BCUT2D eigenvalue weighted by molar-refractivity contribution is 5.92. The van der Waals surface area contributed by atoms with Gasteiger partial charge in [-0.2, -0.15) is 0 Å². The Morgan fingerprint density at radius 2 is 1.66 bits per heavy atom. The van der Waals surface area contributed by atoms with Crippen LogP contribution in [-0.4, -0.2) is 55.1 Å². The molecule has 0 bridgehead atoms. The SMILES string of the molecule is COCCCN(CC(=O)N(CCc1ccccc1)Cc1ccc(C)o1)C(=O)Nc1ccc(C)cc1. The van der Waals surface area contributed by atoms with Crippen LogP contribution in [0.5, 0.6) is 0 Å². The van der Waals surface area contributed by atoms with Crippen molar-refractivity contribution in [3.05, 3.63) is 89.4 Å². The minimum atomic E-state index is -0.310. The predicted octanol–water partition coefficient (Wildman–Crippen LogP) is 5.04. The van der Waals surface area contributed by atoms with E-state index in [4.69, 9.17) is 9.15 Å². The average Bonchev–Trinajstić information content (AvgIpc) is 3.27. The molecule has 7 nitrogen and oxygen atoms in total. The van der Waals surface area contributed by atoms with E-state index < -0.39 is 0 Å². The number of nitrogens with zero attached hydrogens (tertiary/aromatic N) is 2. The van der Waals surface area contributed by atoms with Gasteiger partial charge in [0.25, 0.3) is 0 Å². The number of nitrogens with one attached hydrogen (secondary N) is 1. The molecule has 0 fully saturated rings. The highest BCUT2D eigenvalue weighted by Gasteiger charge is 2.22. The van der Waals surface area contributed by atoms with Crippen molar-refractivity contribution in [1.82, 2.24) is 9.80 Å². The van der Waals surface area contributed by atoms with E-state index in [1.807, 2.05) is 80.6 Å². The number of methoxy groups -OCH3 is 1. The van der Waals surface area contributed by atoms with Crippen molar-refractivity contribution in [1.29, 1.82) is 0 Å². The fraction of sp³-hybridized carbons (Fsp3) is 0.357. The average molecular weight is 478 g/mol. The Bertz CT molecular complexity index is 1060. The summed E-state index contributed by atoms with van der Waals surface area (Å²) in [5.74, 6) is 1.39. The molecule has 7 heteroatoms. The third-order valence-electron chi connectivity index (χ3n) is 5.70. The summed E-state index contributed by atoms with van der Waals surface area (Å²) in [5.41, 5.74) is 2.95. The molecule has 186 valence electrons. The lowest BCUT2D eigenvalue weighted by atomic mass is 10.1. The number of hydrogen-bond acceptors (Lipinski definition) is 4. The zero-order valence-electron chi connectivity index (χ0n) is 20.8. The fourth-order valence-corrected chi connectivity index (χ4v) is 3.71. The molecule has 1 aromatic heterocycles. The molecular weight excluding hydrogens is 442 g/mol. The van der Waals surface area contributed by atoms with E-state index in [0.29, 0.717) is 44.8 Å². The largest absolute Gasteiger partial charge is 0.464 e. The summed E-state index contributed by atoms with van der Waals surface area (Å²) in [7, 11) is 1.62. The number of amides is 3. The second kappa shape index (κ2) is 13.3. The van der Waals surface area contributed by atoms with Crippen molar-refractivity contribution in [2.24, 2.45) is 0 Å². The summed E-state index contributed by atoms with van der Waals surface area (Å²) in [6.07, 6.45) is 1.35. The smallest absolute Gasteiger partial charge is 0.322 e. The van der Waals surface area contributed by atoms with Crippen molar-refractivity contribution in [2.75, 3.05) is 38.7 Å². The monoisotopic (exact) mass is 477 g/mol. The number of benzene rings is 2. The van der Waals surface area contributed by atoms with Gasteiger partial charge in [0.05, 0.1) is 6.54 Å². The topological polar surface area (TPSA) is 75.0 Å². The second-order valence-corrected chi connectivity index (χ2v) is 8.63. The number of carbonyl (C=O) groups excluding carboxylic acids is 2. The molecule has 0 aliphatic carbocycles. The summed E-state index contributed by atoms with van der Waals surface area (Å²) < 4.78 is 10.9. The number of rotatable bonds is 12. The van der Waals surface area contributed by atoms with Gasteiger partial charge in [0, 0.05) is 32.5 Å². The number of furan rings is 1. The van der Waals surface area contributed by atoms with Gasteiger partial charge in [0.2, 0.25) is 5.91 Å². The van der Waals surface area contributed by atoms with Crippen molar-refractivity contribution >= 4 is 17.6 Å². The van der Waals surface area contributed by atoms with Crippen LogP contribution in [0.25, 0.3) is 0 Å². The van der Waals surface area contributed by atoms with Gasteiger partial charge in [-0.15, -0.1) is 0 Å². The zero-order valence-corrected chi connectivity index (χ0v) is 20.8. The normalized spacial score (nSPS) is 10.7. The second-order valence-electron chi connectivity index (χ2n) is 8.63. The summed E-state index contributed by atoms with van der Waals surface area (Å²) in [4.78, 5) is 29.8. The van der Waals surface area contributed by atoms with Crippen LogP contribution in [0, 0.1) is 13.8 Å². The maximum atomic E-state index is 13.5. The van der Waals surface area contributed by atoms with Gasteiger partial charge in [0.1, 0.15) is 18.1 Å². The summed E-state index contributed by atoms with van der Waals surface area (Å²) >= 11 is 0. The Balaban J connectivity index is 1.71. The quantitative estimate of drug-likeness (QED) is 0.371. The number of hydrogen-bond donors (Lipinski definition) is 1. The molecule has 35 heavy (non-hydrogen) atoms. The van der Waals surface area contributed by atoms with Crippen LogP contribution >= 0.6 is 0 Å². The lowest BCUT2D eigenvalue weighted by Gasteiger charge is -2.27. The first-order valence-electron chi connectivity index (χ1n) is 11.9. The minimum Gasteiger partial charge on any atom is -0.464 e. The fourth-order valence-electron chi connectivity index (χ4n) is 3.71. The van der Waals surface area contributed by atoms with E-state index in [-0.39, 0.29) is 18.5 Å². The van der Waals surface area contributed by atoms with Gasteiger partial charge in [-0.25, -0.2) is 4.79 Å². The molecule has 0 aliphatic heterocycles. The third kappa shape index (κ3) is 8.61. The minimum absolute atomic E-state index is 0.0319. The molecule has 0 saturated heterocycles. The van der Waals surface area contributed by atoms with Crippen LogP contribution in [0.3, 0.4) is 0 Å². The molecule has 3 aromatic rings. The van der Waals surface area contributed by atoms with E-state index in [2.05, 4.69) is 5.32 Å². The van der Waals surface area contributed by atoms with Crippen molar-refractivity contribution in [2.45, 2.75) is 33.2 Å². The first-order chi connectivity index (χ1) is 16.9. The highest BCUT2D eigenvalue weighted by Crippen LogP contribution is 2.13. The van der Waals surface area contributed by atoms with Gasteiger partial charge < -0.3 is 24.3 Å². The Labute approximate surface area is 207 Å². The summed E-state index contributed by atoms with van der Waals surface area (Å²) in [6, 6.07) is 21.1. The summed E-state index contributed by atoms with van der Waals surface area (Å²) in [5, 5.41) is 2.91. The molecule has 2 aromatic carbocycles. The third-order valence-corrected chi connectivity index (χ3v) is 5.70. The molecule has 1 N–H and O–H groups in total. The van der Waals surface area contributed by atoms with E-state index in [1.54, 1.807) is 16.9 Å². The lowest BCUT2D eigenvalue weighted by Crippen LogP contribution is -2.45.